The molecule has 2 rings (SSSR count). The van der Waals surface area contributed by atoms with Crippen LogP contribution in [0, 0.1) is 6.92 Å². The van der Waals surface area contributed by atoms with Gasteiger partial charge in [-0.1, -0.05) is 41.5 Å². The summed E-state index contributed by atoms with van der Waals surface area (Å²) in [5.41, 5.74) is 3.93. The fraction of sp³-hybridized carbons (Fsp3) is 0.467. The minimum absolute atomic E-state index is 0.0105. The Morgan fingerprint density at radius 3 is 2.53 bits per heavy atom. The third-order valence-corrected chi connectivity index (χ3v) is 2.96. The van der Waals surface area contributed by atoms with Crippen LogP contribution in [0.4, 0.5) is 0 Å². The molecule has 1 heterocycles. The lowest BCUT2D eigenvalue weighted by molar-refractivity contribution is -0.0461. The van der Waals surface area contributed by atoms with Crippen molar-refractivity contribution >= 4 is 6.08 Å². The maximum absolute atomic E-state index is 5.42. The van der Waals surface area contributed by atoms with Crippen LogP contribution in [0.15, 0.2) is 29.8 Å². The minimum atomic E-state index is 0.0105. The summed E-state index contributed by atoms with van der Waals surface area (Å²) >= 11 is 0. The fourth-order valence-corrected chi connectivity index (χ4v) is 1.94. The number of allylic oxidation sites excluding steroid dienone is 1. The lowest BCUT2D eigenvalue weighted by atomic mass is 10.1. The normalized spacial score (nSPS) is 17.6. The van der Waals surface area contributed by atoms with Crippen molar-refractivity contribution < 1.29 is 9.47 Å². The summed E-state index contributed by atoms with van der Waals surface area (Å²) in [6, 6.07) is 8.59. The van der Waals surface area contributed by atoms with Gasteiger partial charge in [-0.25, -0.2) is 0 Å². The van der Waals surface area contributed by atoms with Crippen LogP contribution in [0.5, 0.6) is 0 Å². The van der Waals surface area contributed by atoms with Gasteiger partial charge in [0.1, 0.15) is 0 Å². The average Bonchev–Trinajstić information content (AvgIpc) is 2.83. The van der Waals surface area contributed by atoms with Crippen LogP contribution < -0.4 is 0 Å². The second-order valence-electron chi connectivity index (χ2n) is 4.61. The monoisotopic (exact) mass is 232 g/mol. The van der Waals surface area contributed by atoms with Gasteiger partial charge < -0.3 is 9.47 Å². The molecular formula is C15H20O2. The van der Waals surface area contributed by atoms with Crippen LogP contribution >= 0.6 is 0 Å². The summed E-state index contributed by atoms with van der Waals surface area (Å²) in [5.74, 6) is 0. The third-order valence-electron chi connectivity index (χ3n) is 2.96. The maximum atomic E-state index is 5.42. The number of hydrogen-bond donors (Lipinski definition) is 0. The third kappa shape index (κ3) is 3.99. The predicted octanol–water partition coefficient (Wildman–Crippen LogP) is 3.55. The molecule has 1 aliphatic rings. The van der Waals surface area contributed by atoms with Gasteiger partial charge in [0.25, 0.3) is 0 Å². The maximum Gasteiger partial charge on any atom is 0.158 e. The van der Waals surface area contributed by atoms with Gasteiger partial charge in [0.2, 0.25) is 0 Å². The Bertz CT molecular complexity index is 372. The molecule has 0 bridgehead atoms. The first-order valence-electron chi connectivity index (χ1n) is 6.21. The van der Waals surface area contributed by atoms with Crippen molar-refractivity contribution in [3.63, 3.8) is 0 Å². The Morgan fingerprint density at radius 2 is 1.88 bits per heavy atom. The van der Waals surface area contributed by atoms with E-state index in [1.807, 2.05) is 0 Å². The summed E-state index contributed by atoms with van der Waals surface area (Å²) in [6.45, 7) is 5.75. The van der Waals surface area contributed by atoms with Crippen molar-refractivity contribution in [2.75, 3.05) is 13.2 Å². The lowest BCUT2D eigenvalue weighted by Gasteiger charge is -2.08. The van der Waals surface area contributed by atoms with Gasteiger partial charge in [0, 0.05) is 6.42 Å². The largest absolute Gasteiger partial charge is 0.350 e. The van der Waals surface area contributed by atoms with Gasteiger partial charge in [-0.2, -0.15) is 0 Å². The zero-order valence-corrected chi connectivity index (χ0v) is 10.6. The predicted molar refractivity (Wildman–Crippen MR) is 69.8 cm³/mol. The highest BCUT2D eigenvalue weighted by molar-refractivity contribution is 5.52. The van der Waals surface area contributed by atoms with E-state index in [9.17, 15) is 0 Å². The molecule has 0 radical (unpaired) electrons. The van der Waals surface area contributed by atoms with Crippen molar-refractivity contribution in [1.29, 1.82) is 0 Å². The number of hydrogen-bond acceptors (Lipinski definition) is 2. The van der Waals surface area contributed by atoms with E-state index < -0.39 is 0 Å². The summed E-state index contributed by atoms with van der Waals surface area (Å²) in [6.07, 6.45) is 4.22. The van der Waals surface area contributed by atoms with Crippen LogP contribution in [-0.2, 0) is 9.47 Å². The smallest absolute Gasteiger partial charge is 0.158 e. The molecule has 0 amide bonds. The molecule has 0 unspecified atom stereocenters. The Labute approximate surface area is 103 Å². The van der Waals surface area contributed by atoms with Crippen LogP contribution in [0.1, 0.15) is 30.9 Å². The second kappa shape index (κ2) is 5.99. The van der Waals surface area contributed by atoms with E-state index in [1.165, 1.54) is 16.7 Å². The Kier molecular flexibility index (Phi) is 4.35. The molecule has 0 atom stereocenters. The van der Waals surface area contributed by atoms with E-state index >= 15 is 0 Å². The van der Waals surface area contributed by atoms with E-state index in [0.29, 0.717) is 0 Å². The lowest BCUT2D eigenvalue weighted by Crippen LogP contribution is -2.06. The molecule has 1 fully saturated rings. The minimum Gasteiger partial charge on any atom is -0.350 e. The van der Waals surface area contributed by atoms with E-state index in [2.05, 4.69) is 44.2 Å². The summed E-state index contributed by atoms with van der Waals surface area (Å²) in [5, 5.41) is 0. The fourth-order valence-electron chi connectivity index (χ4n) is 1.94. The van der Waals surface area contributed by atoms with Gasteiger partial charge in [0.15, 0.2) is 6.29 Å². The summed E-state index contributed by atoms with van der Waals surface area (Å²) < 4.78 is 10.8. The van der Waals surface area contributed by atoms with Crippen molar-refractivity contribution in [2.45, 2.75) is 33.0 Å². The second-order valence-corrected chi connectivity index (χ2v) is 4.61. The van der Waals surface area contributed by atoms with Gasteiger partial charge in [-0.3, -0.25) is 0 Å². The SMILES string of the molecule is CC(=Cc1ccc(C)cc1)CCC1OCCO1. The average molecular weight is 232 g/mol. The molecule has 0 aromatic heterocycles. The molecule has 0 N–H and O–H groups in total. The van der Waals surface area contributed by atoms with Gasteiger partial charge in [-0.05, 0) is 25.8 Å². The molecule has 1 aromatic rings. The molecule has 17 heavy (non-hydrogen) atoms. The highest BCUT2D eigenvalue weighted by Gasteiger charge is 2.14. The van der Waals surface area contributed by atoms with Crippen molar-refractivity contribution in [2.24, 2.45) is 0 Å². The van der Waals surface area contributed by atoms with Crippen LogP contribution in [-0.4, -0.2) is 19.5 Å². The van der Waals surface area contributed by atoms with E-state index in [4.69, 9.17) is 9.47 Å². The van der Waals surface area contributed by atoms with Crippen LogP contribution in [0.3, 0.4) is 0 Å². The first-order chi connectivity index (χ1) is 8.24. The topological polar surface area (TPSA) is 18.5 Å². The highest BCUT2D eigenvalue weighted by Crippen LogP contribution is 2.16. The van der Waals surface area contributed by atoms with Crippen LogP contribution in [0.25, 0.3) is 6.08 Å². The zero-order chi connectivity index (χ0) is 12.1. The van der Waals surface area contributed by atoms with Gasteiger partial charge in [0.05, 0.1) is 13.2 Å². The summed E-state index contributed by atoms with van der Waals surface area (Å²) in [7, 11) is 0. The Hall–Kier alpha value is -1.12. The zero-order valence-electron chi connectivity index (χ0n) is 10.6. The molecule has 1 aromatic carbocycles. The van der Waals surface area contributed by atoms with Crippen LogP contribution in [0.2, 0.25) is 0 Å². The molecule has 0 aliphatic carbocycles. The molecule has 1 saturated heterocycles. The first-order valence-corrected chi connectivity index (χ1v) is 6.21. The van der Waals surface area contributed by atoms with Crippen molar-refractivity contribution in [3.8, 4) is 0 Å². The molecule has 1 aliphatic heterocycles. The highest BCUT2D eigenvalue weighted by atomic mass is 16.7. The molecule has 2 heteroatoms. The van der Waals surface area contributed by atoms with E-state index in [1.54, 1.807) is 0 Å². The molecule has 2 nitrogen and oxygen atoms in total. The number of ether oxygens (including phenoxy) is 2. The first kappa shape index (κ1) is 12.3. The summed E-state index contributed by atoms with van der Waals surface area (Å²) in [4.78, 5) is 0. The quantitative estimate of drug-likeness (QED) is 0.790. The Balaban J connectivity index is 1.85. The Morgan fingerprint density at radius 1 is 1.24 bits per heavy atom. The number of rotatable bonds is 4. The van der Waals surface area contributed by atoms with Gasteiger partial charge in [-0.15, -0.1) is 0 Å². The molecule has 92 valence electrons. The van der Waals surface area contributed by atoms with Crippen molar-refractivity contribution in [1.82, 2.24) is 0 Å². The molecule has 0 saturated carbocycles. The number of aryl methyl sites for hydroxylation is 1. The van der Waals surface area contributed by atoms with E-state index in [0.717, 1.165) is 26.1 Å². The van der Waals surface area contributed by atoms with Gasteiger partial charge >= 0.3 is 0 Å². The van der Waals surface area contributed by atoms with E-state index in [-0.39, 0.29) is 6.29 Å². The molecule has 0 spiro atoms. The van der Waals surface area contributed by atoms with Crippen molar-refractivity contribution in [3.05, 3.63) is 41.0 Å². The molecular weight excluding hydrogens is 212 g/mol. The standard InChI is InChI=1S/C15H20O2/c1-12-3-6-14(7-4-12)11-13(2)5-8-15-16-9-10-17-15/h3-4,6-7,11,15H,5,8-10H2,1-2H3. The number of benzene rings is 1.